The largest absolute Gasteiger partial charge is 0.310 e. The molecular formula is C22H20FN7OS. The zero-order chi connectivity index (χ0) is 23.0. The van der Waals surface area contributed by atoms with Crippen molar-refractivity contribution >= 4 is 29.3 Å². The number of anilines is 1. The Morgan fingerprint density at radius 1 is 1.22 bits per heavy atom. The van der Waals surface area contributed by atoms with E-state index < -0.39 is 5.82 Å². The second-order valence-corrected chi connectivity index (χ2v) is 8.30. The molecule has 0 fully saturated rings. The minimum Gasteiger partial charge on any atom is -0.310 e. The maximum absolute atomic E-state index is 13.8. The van der Waals surface area contributed by atoms with E-state index in [1.54, 1.807) is 28.0 Å². The molecule has 1 amide bonds. The molecule has 10 heteroatoms. The van der Waals surface area contributed by atoms with E-state index >= 15 is 0 Å². The number of nitriles is 1. The van der Waals surface area contributed by atoms with Gasteiger partial charge >= 0.3 is 0 Å². The van der Waals surface area contributed by atoms with Gasteiger partial charge in [0.2, 0.25) is 5.91 Å². The zero-order valence-corrected chi connectivity index (χ0v) is 18.8. The predicted molar refractivity (Wildman–Crippen MR) is 120 cm³/mol. The Morgan fingerprint density at radius 2 is 2.00 bits per heavy atom. The van der Waals surface area contributed by atoms with Crippen LogP contribution in [0.25, 0.3) is 11.5 Å². The van der Waals surface area contributed by atoms with E-state index in [1.165, 1.54) is 23.9 Å². The molecule has 0 radical (unpaired) electrons. The summed E-state index contributed by atoms with van der Waals surface area (Å²) in [6.07, 6.45) is 0. The highest BCUT2D eigenvalue weighted by atomic mass is 32.2. The Labute approximate surface area is 188 Å². The molecule has 4 rings (SSSR count). The average Bonchev–Trinajstić information content (AvgIpc) is 3.25. The van der Waals surface area contributed by atoms with Crippen LogP contribution in [-0.4, -0.2) is 35.8 Å². The van der Waals surface area contributed by atoms with E-state index in [0.29, 0.717) is 28.0 Å². The van der Waals surface area contributed by atoms with Gasteiger partial charge in [-0.1, -0.05) is 17.8 Å². The van der Waals surface area contributed by atoms with Crippen molar-refractivity contribution in [1.29, 1.82) is 5.26 Å². The number of benzene rings is 1. The van der Waals surface area contributed by atoms with Gasteiger partial charge in [0.1, 0.15) is 17.7 Å². The molecule has 3 heterocycles. The molecule has 0 aliphatic heterocycles. The standard InChI is InChI=1S/C22H20FN7OS/c1-12-8-13(2)29-21(25-12)27-28-22(29)32-11-19(31)26-20-18(10-24)14(3)15(4)30(20)17-7-5-6-16(23)9-17/h5-9H,11H2,1-4H3,(H,26,31). The maximum atomic E-state index is 13.8. The van der Waals surface area contributed by atoms with E-state index in [0.717, 1.165) is 22.6 Å². The van der Waals surface area contributed by atoms with Crippen LogP contribution in [0.1, 0.15) is 28.2 Å². The summed E-state index contributed by atoms with van der Waals surface area (Å²) < 4.78 is 17.3. The number of hydrogen-bond acceptors (Lipinski definition) is 6. The number of hydrogen-bond donors (Lipinski definition) is 1. The number of aryl methyl sites for hydroxylation is 2. The lowest BCUT2D eigenvalue weighted by atomic mass is 10.2. The van der Waals surface area contributed by atoms with Crippen molar-refractivity contribution in [3.63, 3.8) is 0 Å². The third-order valence-electron chi connectivity index (χ3n) is 5.15. The first-order valence-electron chi connectivity index (χ1n) is 9.80. The van der Waals surface area contributed by atoms with Gasteiger partial charge in [0.15, 0.2) is 5.16 Å². The van der Waals surface area contributed by atoms with E-state index in [9.17, 15) is 14.4 Å². The summed E-state index contributed by atoms with van der Waals surface area (Å²) in [4.78, 5) is 17.2. The summed E-state index contributed by atoms with van der Waals surface area (Å²) in [5.41, 5.74) is 4.09. The summed E-state index contributed by atoms with van der Waals surface area (Å²) in [7, 11) is 0. The molecule has 0 aliphatic carbocycles. The monoisotopic (exact) mass is 449 g/mol. The minimum atomic E-state index is -0.405. The van der Waals surface area contributed by atoms with Crippen molar-refractivity contribution in [3.05, 3.63) is 64.4 Å². The molecule has 0 saturated heterocycles. The number of nitrogens with one attached hydrogen (secondary N) is 1. The Balaban J connectivity index is 1.62. The molecule has 0 atom stereocenters. The van der Waals surface area contributed by atoms with Crippen molar-refractivity contribution in [2.75, 3.05) is 11.1 Å². The summed E-state index contributed by atoms with van der Waals surface area (Å²) in [6.45, 7) is 7.43. The van der Waals surface area contributed by atoms with Gasteiger partial charge < -0.3 is 5.32 Å². The molecule has 0 saturated carbocycles. The van der Waals surface area contributed by atoms with Crippen LogP contribution in [-0.2, 0) is 4.79 Å². The van der Waals surface area contributed by atoms with Gasteiger partial charge in [-0.3, -0.25) is 13.8 Å². The van der Waals surface area contributed by atoms with Gasteiger partial charge in [-0.15, -0.1) is 10.2 Å². The first-order chi connectivity index (χ1) is 15.3. The van der Waals surface area contributed by atoms with Crippen molar-refractivity contribution in [2.45, 2.75) is 32.9 Å². The highest BCUT2D eigenvalue weighted by Gasteiger charge is 2.21. The second-order valence-electron chi connectivity index (χ2n) is 7.35. The zero-order valence-electron chi connectivity index (χ0n) is 18.0. The number of carbonyl (C=O) groups is 1. The molecule has 32 heavy (non-hydrogen) atoms. The number of fused-ring (bicyclic) bond motifs is 1. The molecule has 4 aromatic rings. The Morgan fingerprint density at radius 3 is 2.72 bits per heavy atom. The molecule has 1 aromatic carbocycles. The topological polar surface area (TPSA) is 101 Å². The molecule has 1 N–H and O–H groups in total. The van der Waals surface area contributed by atoms with Crippen LogP contribution >= 0.6 is 11.8 Å². The molecule has 0 spiro atoms. The number of amides is 1. The molecule has 0 unspecified atom stereocenters. The second kappa shape index (κ2) is 8.43. The fraction of sp³-hybridized carbons (Fsp3) is 0.227. The van der Waals surface area contributed by atoms with Crippen LogP contribution in [0.2, 0.25) is 0 Å². The SMILES string of the molecule is Cc1cc(C)n2c(SCC(=O)Nc3c(C#N)c(C)c(C)n3-c3cccc(F)c3)nnc2n1. The fourth-order valence-electron chi connectivity index (χ4n) is 3.59. The molecule has 162 valence electrons. The Hall–Kier alpha value is -3.71. The minimum absolute atomic E-state index is 0.0470. The van der Waals surface area contributed by atoms with Crippen LogP contribution in [0.15, 0.2) is 35.5 Å². The lowest BCUT2D eigenvalue weighted by Gasteiger charge is -2.13. The molecule has 3 aromatic heterocycles. The number of aromatic nitrogens is 5. The van der Waals surface area contributed by atoms with E-state index in [4.69, 9.17) is 0 Å². The first-order valence-corrected chi connectivity index (χ1v) is 10.8. The number of nitrogens with zero attached hydrogens (tertiary/aromatic N) is 6. The highest BCUT2D eigenvalue weighted by Crippen LogP contribution is 2.30. The van der Waals surface area contributed by atoms with Crippen LogP contribution in [0, 0.1) is 44.8 Å². The predicted octanol–water partition coefficient (Wildman–Crippen LogP) is 3.89. The van der Waals surface area contributed by atoms with Gasteiger partial charge in [-0.05, 0) is 57.5 Å². The van der Waals surface area contributed by atoms with Gasteiger partial charge in [-0.2, -0.15) is 5.26 Å². The van der Waals surface area contributed by atoms with Crippen LogP contribution < -0.4 is 5.32 Å². The maximum Gasteiger partial charge on any atom is 0.256 e. The summed E-state index contributed by atoms with van der Waals surface area (Å²) in [5, 5.41) is 21.3. The summed E-state index contributed by atoms with van der Waals surface area (Å²) >= 11 is 1.22. The Bertz CT molecular complexity index is 1400. The Kier molecular flexibility index (Phi) is 5.67. The van der Waals surface area contributed by atoms with Gasteiger partial charge in [0.05, 0.1) is 17.0 Å². The van der Waals surface area contributed by atoms with E-state index in [1.807, 2.05) is 26.8 Å². The molecular weight excluding hydrogens is 429 g/mol. The van der Waals surface area contributed by atoms with E-state index in [2.05, 4.69) is 26.6 Å². The normalized spacial score (nSPS) is 11.0. The van der Waals surface area contributed by atoms with Crippen molar-refractivity contribution in [3.8, 4) is 11.8 Å². The third-order valence-corrected chi connectivity index (χ3v) is 6.07. The van der Waals surface area contributed by atoms with Gasteiger partial charge in [-0.25, -0.2) is 9.37 Å². The van der Waals surface area contributed by atoms with Crippen LogP contribution in [0.5, 0.6) is 0 Å². The average molecular weight is 450 g/mol. The lowest BCUT2D eigenvalue weighted by molar-refractivity contribution is -0.113. The fourth-order valence-corrected chi connectivity index (χ4v) is 4.38. The molecule has 0 bridgehead atoms. The summed E-state index contributed by atoms with van der Waals surface area (Å²) in [5.74, 6) is 0.112. The number of carbonyl (C=O) groups excluding carboxylic acids is 1. The van der Waals surface area contributed by atoms with Crippen LogP contribution in [0.3, 0.4) is 0 Å². The van der Waals surface area contributed by atoms with E-state index in [-0.39, 0.29) is 11.7 Å². The number of thioether (sulfide) groups is 1. The van der Waals surface area contributed by atoms with Gasteiger partial charge in [0, 0.05) is 17.1 Å². The molecule has 0 aliphatic rings. The quantitative estimate of drug-likeness (QED) is 0.464. The summed E-state index contributed by atoms with van der Waals surface area (Å²) in [6, 6.07) is 10.1. The molecule has 8 nitrogen and oxygen atoms in total. The third kappa shape index (κ3) is 3.83. The van der Waals surface area contributed by atoms with Crippen molar-refractivity contribution in [1.82, 2.24) is 24.1 Å². The number of halogens is 1. The van der Waals surface area contributed by atoms with Gasteiger partial charge in [0.25, 0.3) is 5.78 Å². The van der Waals surface area contributed by atoms with Crippen LogP contribution in [0.4, 0.5) is 10.2 Å². The smallest absolute Gasteiger partial charge is 0.256 e. The lowest BCUT2D eigenvalue weighted by Crippen LogP contribution is -2.18. The highest BCUT2D eigenvalue weighted by molar-refractivity contribution is 7.99. The number of rotatable bonds is 5. The first kappa shape index (κ1) is 21.5. The van der Waals surface area contributed by atoms with Crippen molar-refractivity contribution < 1.29 is 9.18 Å². The van der Waals surface area contributed by atoms with Crippen molar-refractivity contribution in [2.24, 2.45) is 0 Å².